The first-order valence-electron chi connectivity index (χ1n) is 10.9. The molecule has 2 atom stereocenters. The second-order valence-electron chi connectivity index (χ2n) is 8.75. The molecule has 3 aromatic rings. The van der Waals surface area contributed by atoms with E-state index in [4.69, 9.17) is 4.74 Å². The Labute approximate surface area is 203 Å². The van der Waals surface area contributed by atoms with Crippen LogP contribution in [-0.4, -0.2) is 36.1 Å². The zero-order valence-electron chi connectivity index (χ0n) is 19.3. The molecule has 1 amide bonds. The van der Waals surface area contributed by atoms with Crippen LogP contribution < -0.4 is 14.8 Å². The topological polar surface area (TPSA) is 118 Å². The van der Waals surface area contributed by atoms with Crippen LogP contribution in [0.1, 0.15) is 54.0 Å². The van der Waals surface area contributed by atoms with Gasteiger partial charge in [-0.05, 0) is 63.1 Å². The van der Waals surface area contributed by atoms with E-state index in [1.54, 1.807) is 50.2 Å². The van der Waals surface area contributed by atoms with E-state index in [2.05, 4.69) is 15.0 Å². The molecule has 0 bridgehead atoms. The van der Waals surface area contributed by atoms with Gasteiger partial charge in [0.05, 0.1) is 16.6 Å². The fourth-order valence-electron chi connectivity index (χ4n) is 3.79. The molecule has 1 aliphatic heterocycles. The lowest BCUT2D eigenvalue weighted by molar-refractivity contribution is -0.0603. The number of benzene rings is 2. The van der Waals surface area contributed by atoms with Gasteiger partial charge in [0.25, 0.3) is 5.91 Å². The van der Waals surface area contributed by atoms with E-state index >= 15 is 0 Å². The summed E-state index contributed by atoms with van der Waals surface area (Å²) in [7, 11) is -3.96. The van der Waals surface area contributed by atoms with Crippen LogP contribution in [0.15, 0.2) is 52.7 Å². The number of aliphatic hydroxyl groups excluding tert-OH is 1. The number of aliphatic hydroxyl groups is 1. The molecule has 8 nitrogen and oxygen atoms in total. The monoisotopic (exact) mass is 501 g/mol. The molecule has 0 saturated heterocycles. The van der Waals surface area contributed by atoms with E-state index in [1.165, 1.54) is 17.4 Å². The molecule has 0 saturated carbocycles. The zero-order valence-corrected chi connectivity index (χ0v) is 21.0. The number of sulfonamides is 1. The average molecular weight is 502 g/mol. The smallest absolute Gasteiger partial charge is 0.257 e. The number of anilines is 1. The molecule has 0 aliphatic carbocycles. The molecular weight excluding hydrogens is 474 g/mol. The van der Waals surface area contributed by atoms with Crippen LogP contribution in [0.3, 0.4) is 0 Å². The van der Waals surface area contributed by atoms with Crippen molar-refractivity contribution in [3.8, 4) is 5.75 Å². The predicted molar refractivity (Wildman–Crippen MR) is 131 cm³/mol. The number of amides is 1. The third kappa shape index (κ3) is 4.85. The maximum Gasteiger partial charge on any atom is 0.257 e. The van der Waals surface area contributed by atoms with Gasteiger partial charge in [-0.2, -0.15) is 0 Å². The van der Waals surface area contributed by atoms with E-state index in [-0.39, 0.29) is 4.90 Å². The molecule has 0 fully saturated rings. The van der Waals surface area contributed by atoms with Crippen molar-refractivity contribution in [2.24, 2.45) is 0 Å². The van der Waals surface area contributed by atoms with Gasteiger partial charge < -0.3 is 9.84 Å². The van der Waals surface area contributed by atoms with Crippen LogP contribution in [0.25, 0.3) is 0 Å². The number of rotatable bonds is 6. The SMILES string of the molecule is CCc1ccc(S(=O)(=O)N[C@@H]2c3cc(C(=O)Nc4nc(C)cs4)ccc3OC(C)(C)[C@H]2O)cc1. The number of fused-ring (bicyclic) bond motifs is 1. The van der Waals surface area contributed by atoms with Crippen LogP contribution in [-0.2, 0) is 16.4 Å². The molecule has 0 unspecified atom stereocenters. The molecule has 2 heterocycles. The van der Waals surface area contributed by atoms with Gasteiger partial charge >= 0.3 is 0 Å². The van der Waals surface area contributed by atoms with Crippen LogP contribution in [0.4, 0.5) is 5.13 Å². The zero-order chi connectivity index (χ0) is 24.7. The predicted octanol–water partition coefficient (Wildman–Crippen LogP) is 3.82. The van der Waals surface area contributed by atoms with Crippen molar-refractivity contribution in [2.75, 3.05) is 5.32 Å². The molecule has 4 rings (SSSR count). The molecule has 3 N–H and O–H groups in total. The molecule has 1 aromatic heterocycles. The Morgan fingerprint density at radius 3 is 2.53 bits per heavy atom. The number of thiazole rings is 1. The Hall–Kier alpha value is -2.79. The highest BCUT2D eigenvalue weighted by atomic mass is 32.2. The van der Waals surface area contributed by atoms with Crippen LogP contribution in [0.5, 0.6) is 5.75 Å². The van der Waals surface area contributed by atoms with Gasteiger partial charge in [-0.3, -0.25) is 10.1 Å². The lowest BCUT2D eigenvalue weighted by Crippen LogP contribution is -2.53. The van der Waals surface area contributed by atoms with Crippen molar-refractivity contribution in [1.82, 2.24) is 9.71 Å². The van der Waals surface area contributed by atoms with Gasteiger partial charge in [-0.25, -0.2) is 18.1 Å². The second kappa shape index (κ2) is 9.10. The highest BCUT2D eigenvalue weighted by Crippen LogP contribution is 2.41. The minimum absolute atomic E-state index is 0.0933. The average Bonchev–Trinajstić information content (AvgIpc) is 3.20. The first kappa shape index (κ1) is 24.3. The summed E-state index contributed by atoms with van der Waals surface area (Å²) in [4.78, 5) is 17.1. The van der Waals surface area contributed by atoms with Gasteiger partial charge in [0, 0.05) is 16.5 Å². The van der Waals surface area contributed by atoms with E-state index in [1.807, 2.05) is 19.2 Å². The van der Waals surface area contributed by atoms with Crippen LogP contribution >= 0.6 is 11.3 Å². The number of aryl methyl sites for hydroxylation is 2. The highest BCUT2D eigenvalue weighted by Gasteiger charge is 2.44. The standard InChI is InChI=1S/C24H27N3O5S2/c1-5-15-6-9-17(10-7-15)34(30,31)27-20-18-12-16(22(29)26-23-25-14(2)13-33-23)8-11-19(18)32-24(3,4)21(20)28/h6-13,20-21,27-28H,5H2,1-4H3,(H,25,26,29)/t20-,21+/m1/s1. The first-order valence-corrected chi connectivity index (χ1v) is 13.2. The van der Waals surface area contributed by atoms with E-state index in [0.29, 0.717) is 22.0 Å². The first-order chi connectivity index (χ1) is 16.0. The van der Waals surface area contributed by atoms with Crippen molar-refractivity contribution < 1.29 is 23.1 Å². The number of hydrogen-bond donors (Lipinski definition) is 3. The van der Waals surface area contributed by atoms with Crippen LogP contribution in [0.2, 0.25) is 0 Å². The summed E-state index contributed by atoms with van der Waals surface area (Å²) in [6.07, 6.45) is -0.413. The highest BCUT2D eigenvalue weighted by molar-refractivity contribution is 7.89. The number of nitrogens with one attached hydrogen (secondary N) is 2. The summed E-state index contributed by atoms with van der Waals surface area (Å²) in [5.41, 5.74) is 1.42. The molecular formula is C24H27N3O5S2. The van der Waals surface area contributed by atoms with Gasteiger partial charge in [-0.15, -0.1) is 11.3 Å². The number of carbonyl (C=O) groups is 1. The van der Waals surface area contributed by atoms with Gasteiger partial charge in [0.2, 0.25) is 10.0 Å². The maximum atomic E-state index is 13.2. The number of nitrogens with zero attached hydrogens (tertiary/aromatic N) is 1. The van der Waals surface area contributed by atoms with Crippen molar-refractivity contribution in [3.63, 3.8) is 0 Å². The Morgan fingerprint density at radius 2 is 1.91 bits per heavy atom. The lowest BCUT2D eigenvalue weighted by atomic mass is 9.86. The Morgan fingerprint density at radius 1 is 1.21 bits per heavy atom. The molecule has 0 radical (unpaired) electrons. The molecule has 1 aliphatic rings. The number of carbonyl (C=O) groups excluding carboxylic acids is 1. The quantitative estimate of drug-likeness (QED) is 0.473. The van der Waals surface area contributed by atoms with Gasteiger partial charge in [0.15, 0.2) is 5.13 Å². The number of ether oxygens (including phenoxy) is 1. The summed E-state index contributed by atoms with van der Waals surface area (Å²) in [5, 5.41) is 16.1. The maximum absolute atomic E-state index is 13.2. The molecule has 180 valence electrons. The fraction of sp³-hybridized carbons (Fsp3) is 0.333. The minimum Gasteiger partial charge on any atom is -0.485 e. The Bertz CT molecular complexity index is 1320. The second-order valence-corrected chi connectivity index (χ2v) is 11.3. The largest absolute Gasteiger partial charge is 0.485 e. The lowest BCUT2D eigenvalue weighted by Gasteiger charge is -2.42. The minimum atomic E-state index is -3.96. The summed E-state index contributed by atoms with van der Waals surface area (Å²) in [6.45, 7) is 7.19. The van der Waals surface area contributed by atoms with E-state index in [0.717, 1.165) is 17.7 Å². The third-order valence-electron chi connectivity index (χ3n) is 5.77. The van der Waals surface area contributed by atoms with Crippen LogP contribution in [0, 0.1) is 6.92 Å². The van der Waals surface area contributed by atoms with Crippen molar-refractivity contribution in [1.29, 1.82) is 0 Å². The molecule has 34 heavy (non-hydrogen) atoms. The molecule has 10 heteroatoms. The van der Waals surface area contributed by atoms with Crippen molar-refractivity contribution in [3.05, 3.63) is 70.2 Å². The van der Waals surface area contributed by atoms with Crippen molar-refractivity contribution >= 4 is 32.4 Å². The van der Waals surface area contributed by atoms with Crippen molar-refractivity contribution in [2.45, 2.75) is 56.8 Å². The Balaban J connectivity index is 1.68. The summed E-state index contributed by atoms with van der Waals surface area (Å²) in [6, 6.07) is 10.3. The van der Waals surface area contributed by atoms with Gasteiger partial charge in [0.1, 0.15) is 17.5 Å². The van der Waals surface area contributed by atoms with E-state index in [9.17, 15) is 18.3 Å². The Kier molecular flexibility index (Phi) is 6.52. The summed E-state index contributed by atoms with van der Waals surface area (Å²) < 4.78 is 34.9. The molecule has 0 spiro atoms. The fourth-order valence-corrected chi connectivity index (χ4v) is 5.69. The number of aromatic nitrogens is 1. The normalized spacial score (nSPS) is 19.2. The van der Waals surface area contributed by atoms with E-state index < -0.39 is 33.7 Å². The number of hydrogen-bond acceptors (Lipinski definition) is 7. The summed E-state index contributed by atoms with van der Waals surface area (Å²) in [5.74, 6) is -0.000732. The summed E-state index contributed by atoms with van der Waals surface area (Å²) >= 11 is 1.31. The molecule has 2 aromatic carbocycles. The third-order valence-corrected chi connectivity index (χ3v) is 8.10. The van der Waals surface area contributed by atoms with Gasteiger partial charge in [-0.1, -0.05) is 19.1 Å².